The molecule has 2 heterocycles. The highest BCUT2D eigenvalue weighted by atomic mass is 32.2. The van der Waals surface area contributed by atoms with Gasteiger partial charge in [-0.2, -0.15) is 0 Å². The Kier molecular flexibility index (Phi) is 8.96. The highest BCUT2D eigenvalue weighted by Gasteiger charge is 2.24. The van der Waals surface area contributed by atoms with Gasteiger partial charge in [-0.05, 0) is 69.9 Å². The number of methoxy groups -OCH3 is 1. The van der Waals surface area contributed by atoms with Crippen LogP contribution in [0.25, 0.3) is 0 Å². The molecule has 0 bridgehead atoms. The summed E-state index contributed by atoms with van der Waals surface area (Å²) in [4.78, 5) is 26.0. The number of thiophene rings is 1. The Bertz CT molecular complexity index is 1200. The van der Waals surface area contributed by atoms with E-state index in [9.17, 15) is 9.59 Å². The Balaban J connectivity index is 1.70. The second-order valence-electron chi connectivity index (χ2n) is 8.19. The van der Waals surface area contributed by atoms with Crippen molar-refractivity contribution in [2.45, 2.75) is 65.8 Å². The lowest BCUT2D eigenvalue weighted by molar-refractivity contribution is -0.113. The highest BCUT2D eigenvalue weighted by molar-refractivity contribution is 7.99. The molecule has 8 nitrogen and oxygen atoms in total. The summed E-state index contributed by atoms with van der Waals surface area (Å²) in [6.07, 6.45) is 0.373. The van der Waals surface area contributed by atoms with Crippen LogP contribution in [0, 0.1) is 20.8 Å². The number of benzene rings is 1. The smallest absolute Gasteiger partial charge is 0.341 e. The van der Waals surface area contributed by atoms with Gasteiger partial charge in [-0.25, -0.2) is 4.79 Å². The molecule has 1 amide bonds. The minimum Gasteiger partial charge on any atom is -0.483 e. The van der Waals surface area contributed by atoms with E-state index in [1.54, 1.807) is 0 Å². The normalized spacial score (nSPS) is 11.9. The minimum atomic E-state index is -0.442. The van der Waals surface area contributed by atoms with Crippen LogP contribution < -0.4 is 10.1 Å². The fourth-order valence-electron chi connectivity index (χ4n) is 3.97. The Morgan fingerprint density at radius 3 is 2.43 bits per heavy atom. The summed E-state index contributed by atoms with van der Waals surface area (Å²) in [5.74, 6) is 0.944. The number of carbonyl (C=O) groups excluding carboxylic acids is 2. The molecule has 0 aliphatic heterocycles. The van der Waals surface area contributed by atoms with Gasteiger partial charge in [0.25, 0.3) is 0 Å². The van der Waals surface area contributed by atoms with Crippen molar-refractivity contribution in [3.05, 3.63) is 51.2 Å². The summed E-state index contributed by atoms with van der Waals surface area (Å²) in [7, 11) is 1.34. The van der Waals surface area contributed by atoms with Gasteiger partial charge in [0.1, 0.15) is 10.8 Å². The van der Waals surface area contributed by atoms with Crippen LogP contribution in [-0.4, -0.2) is 39.5 Å². The molecule has 1 unspecified atom stereocenters. The number of ether oxygens (including phenoxy) is 2. The molecule has 0 saturated heterocycles. The van der Waals surface area contributed by atoms with Crippen LogP contribution in [0.1, 0.15) is 64.6 Å². The maximum absolute atomic E-state index is 12.7. The van der Waals surface area contributed by atoms with Crippen LogP contribution in [0.3, 0.4) is 0 Å². The van der Waals surface area contributed by atoms with Gasteiger partial charge in [-0.1, -0.05) is 24.8 Å². The van der Waals surface area contributed by atoms with Crippen LogP contribution in [-0.2, 0) is 22.5 Å². The van der Waals surface area contributed by atoms with Crippen LogP contribution in [0.5, 0.6) is 5.75 Å². The number of nitrogens with one attached hydrogen (secondary N) is 1. The number of anilines is 1. The average Bonchev–Trinajstić information content (AvgIpc) is 3.36. The zero-order valence-electron chi connectivity index (χ0n) is 21.2. The fraction of sp³-hybridized carbons (Fsp3) is 0.440. The number of nitrogens with zero attached hydrogens (tertiary/aromatic N) is 3. The van der Waals surface area contributed by atoms with E-state index >= 15 is 0 Å². The van der Waals surface area contributed by atoms with Crippen molar-refractivity contribution < 1.29 is 19.1 Å². The fourth-order valence-corrected chi connectivity index (χ4v) is 5.92. The topological polar surface area (TPSA) is 95.3 Å². The van der Waals surface area contributed by atoms with Crippen molar-refractivity contribution in [1.29, 1.82) is 0 Å². The Hall–Kier alpha value is -2.85. The molecule has 0 radical (unpaired) electrons. The number of aromatic nitrogens is 3. The van der Waals surface area contributed by atoms with Crippen LogP contribution in [0.4, 0.5) is 5.00 Å². The van der Waals surface area contributed by atoms with Crippen LogP contribution >= 0.6 is 23.1 Å². The van der Waals surface area contributed by atoms with Crippen molar-refractivity contribution in [3.63, 3.8) is 0 Å². The van der Waals surface area contributed by atoms with Gasteiger partial charge < -0.3 is 19.4 Å². The Morgan fingerprint density at radius 2 is 1.83 bits per heavy atom. The number of amides is 1. The summed E-state index contributed by atoms with van der Waals surface area (Å²) in [5.41, 5.74) is 3.60. The number of carbonyl (C=O) groups is 2. The summed E-state index contributed by atoms with van der Waals surface area (Å²) in [6, 6.07) is 6.09. The molecule has 0 spiro atoms. The molecule has 35 heavy (non-hydrogen) atoms. The van der Waals surface area contributed by atoms with Gasteiger partial charge in [0.15, 0.2) is 17.1 Å². The van der Waals surface area contributed by atoms with E-state index in [1.165, 1.54) is 30.2 Å². The summed E-state index contributed by atoms with van der Waals surface area (Å²) >= 11 is 2.68. The summed E-state index contributed by atoms with van der Waals surface area (Å²) < 4.78 is 13.0. The predicted molar refractivity (Wildman–Crippen MR) is 140 cm³/mol. The number of thioether (sulfide) groups is 1. The molecule has 0 fully saturated rings. The monoisotopic (exact) mass is 516 g/mol. The van der Waals surface area contributed by atoms with Crippen molar-refractivity contribution >= 4 is 40.0 Å². The molecule has 0 saturated carbocycles. The Labute approximate surface area is 214 Å². The summed E-state index contributed by atoms with van der Waals surface area (Å²) in [6.45, 7) is 12.6. The number of hydrogen-bond acceptors (Lipinski definition) is 8. The number of esters is 1. The molecule has 1 aromatic carbocycles. The third-order valence-corrected chi connectivity index (χ3v) is 7.50. The predicted octanol–water partition coefficient (Wildman–Crippen LogP) is 5.50. The van der Waals surface area contributed by atoms with Crippen molar-refractivity contribution in [2.24, 2.45) is 0 Å². The molecule has 188 valence electrons. The molecule has 2 aromatic heterocycles. The van der Waals surface area contributed by atoms with Gasteiger partial charge in [0.2, 0.25) is 5.91 Å². The first kappa shape index (κ1) is 26.7. The molecule has 1 N–H and O–H groups in total. The lowest BCUT2D eigenvalue weighted by atomic mass is 10.1. The first-order valence-corrected chi connectivity index (χ1v) is 13.3. The van der Waals surface area contributed by atoms with Crippen LogP contribution in [0.15, 0.2) is 23.4 Å². The maximum Gasteiger partial charge on any atom is 0.341 e. The van der Waals surface area contributed by atoms with Gasteiger partial charge in [-0.3, -0.25) is 4.79 Å². The second-order valence-corrected chi connectivity index (χ2v) is 10.4. The number of hydrogen-bond donors (Lipinski definition) is 1. The third-order valence-electron chi connectivity index (χ3n) is 5.47. The first-order valence-electron chi connectivity index (χ1n) is 11.5. The van der Waals surface area contributed by atoms with E-state index < -0.39 is 5.97 Å². The molecule has 1 atom stereocenters. The second kappa shape index (κ2) is 11.7. The van der Waals surface area contributed by atoms with Gasteiger partial charge in [-0.15, -0.1) is 21.5 Å². The molecule has 0 aliphatic carbocycles. The SMILES string of the molecule is CCc1c(C)sc(NC(=O)CSc2nnc(C(C)Oc3cc(C)cc(C)c3)n2CC)c1C(=O)OC. The zero-order chi connectivity index (χ0) is 25.7. The zero-order valence-corrected chi connectivity index (χ0v) is 22.9. The van der Waals surface area contributed by atoms with Gasteiger partial charge >= 0.3 is 5.97 Å². The molecular formula is C25H32N4O4S2. The number of rotatable bonds is 10. The molecule has 10 heteroatoms. The lowest BCUT2D eigenvalue weighted by Crippen LogP contribution is -2.17. The van der Waals surface area contributed by atoms with Crippen molar-refractivity contribution in [1.82, 2.24) is 14.8 Å². The lowest BCUT2D eigenvalue weighted by Gasteiger charge is -2.16. The minimum absolute atomic E-state index is 0.128. The van der Waals surface area contributed by atoms with Crippen molar-refractivity contribution in [2.75, 3.05) is 18.2 Å². The van der Waals surface area contributed by atoms with Gasteiger partial charge in [0.05, 0.1) is 18.4 Å². The van der Waals surface area contributed by atoms with Gasteiger partial charge in [0, 0.05) is 11.4 Å². The highest BCUT2D eigenvalue weighted by Crippen LogP contribution is 2.34. The Morgan fingerprint density at radius 1 is 1.14 bits per heavy atom. The van der Waals surface area contributed by atoms with Crippen molar-refractivity contribution in [3.8, 4) is 5.75 Å². The van der Waals surface area contributed by atoms with E-state index in [4.69, 9.17) is 9.47 Å². The third kappa shape index (κ3) is 6.24. The standard InChI is InChI=1S/C25H32N4O4S2/c1-8-19-17(6)35-23(21(19)24(31)32-7)26-20(30)13-34-25-28-27-22(29(25)9-2)16(5)33-18-11-14(3)10-15(4)12-18/h10-12,16H,8-9,13H2,1-7H3,(H,26,30). The van der Waals surface area contributed by atoms with E-state index in [1.807, 2.05) is 58.2 Å². The largest absolute Gasteiger partial charge is 0.483 e. The quantitative estimate of drug-likeness (QED) is 0.281. The average molecular weight is 517 g/mol. The first-order chi connectivity index (χ1) is 16.7. The summed E-state index contributed by atoms with van der Waals surface area (Å²) in [5, 5.41) is 12.7. The molecule has 3 aromatic rings. The molecular weight excluding hydrogens is 484 g/mol. The number of aryl methyl sites for hydroxylation is 3. The van der Waals surface area contributed by atoms with E-state index in [2.05, 4.69) is 21.6 Å². The van der Waals surface area contributed by atoms with Crippen LogP contribution in [0.2, 0.25) is 0 Å². The molecule has 0 aliphatic rings. The van der Waals surface area contributed by atoms with E-state index in [0.29, 0.717) is 34.5 Å². The molecule has 3 rings (SSSR count). The maximum atomic E-state index is 12.7. The van der Waals surface area contributed by atoms with E-state index in [-0.39, 0.29) is 17.8 Å². The van der Waals surface area contributed by atoms with E-state index in [0.717, 1.165) is 27.3 Å².